The van der Waals surface area contributed by atoms with Gasteiger partial charge in [0.1, 0.15) is 0 Å². The van der Waals surface area contributed by atoms with Gasteiger partial charge in [-0.05, 0) is 6.04 Å². The van der Waals surface area contributed by atoms with Crippen LogP contribution in [-0.4, -0.2) is 19.8 Å². The Morgan fingerprint density at radius 3 is 1.89 bits per heavy atom. The maximum absolute atomic E-state index is 8.69. The van der Waals surface area contributed by atoms with Crippen molar-refractivity contribution >= 4 is 8.07 Å². The molecule has 2 heteroatoms. The molecule has 0 bridgehead atoms. The number of rotatable bonds is 3. The van der Waals surface area contributed by atoms with Crippen molar-refractivity contribution in [2.75, 3.05) is 6.61 Å². The molecule has 0 aromatic rings. The van der Waals surface area contributed by atoms with Crippen LogP contribution in [0, 0.1) is 0 Å². The van der Waals surface area contributed by atoms with Crippen molar-refractivity contribution < 1.29 is 5.11 Å². The van der Waals surface area contributed by atoms with Gasteiger partial charge in [-0.15, -0.1) is 0 Å². The molecule has 0 unspecified atom stereocenters. The van der Waals surface area contributed by atoms with E-state index in [9.17, 15) is 0 Å². The predicted octanol–water partition coefficient (Wildman–Crippen LogP) is 2.10. The molecule has 0 heterocycles. The number of aliphatic hydroxyl groups excluding tert-OH is 1. The molecule has 1 N–H and O–H groups in total. The van der Waals surface area contributed by atoms with Crippen molar-refractivity contribution in [3.05, 3.63) is 0 Å². The van der Waals surface area contributed by atoms with Crippen LogP contribution in [0.5, 0.6) is 0 Å². The highest BCUT2D eigenvalue weighted by Gasteiger charge is 2.23. The third-order valence-corrected chi connectivity index (χ3v) is 6.96. The molecule has 1 nitrogen and oxygen atoms in total. The standard InChI is InChI=1S/C7H18OSi/c1-7(2)9(3,4)6-5-8/h7-8H,5-6H2,1-4H3. The Balaban J connectivity index is 3.70. The lowest BCUT2D eigenvalue weighted by Crippen LogP contribution is -2.30. The molecule has 0 atom stereocenters. The van der Waals surface area contributed by atoms with E-state index in [4.69, 9.17) is 5.11 Å². The first-order chi connectivity index (χ1) is 4.00. The van der Waals surface area contributed by atoms with E-state index in [1.54, 1.807) is 0 Å². The summed E-state index contributed by atoms with van der Waals surface area (Å²) in [5.74, 6) is 0. The Hall–Kier alpha value is 0.177. The minimum absolute atomic E-state index is 0.372. The van der Waals surface area contributed by atoms with Crippen LogP contribution in [-0.2, 0) is 0 Å². The van der Waals surface area contributed by atoms with Crippen LogP contribution in [0.3, 0.4) is 0 Å². The lowest BCUT2D eigenvalue weighted by atomic mass is 10.6. The largest absolute Gasteiger partial charge is 0.397 e. The fraction of sp³-hybridized carbons (Fsp3) is 1.00. The second kappa shape index (κ2) is 3.37. The summed E-state index contributed by atoms with van der Waals surface area (Å²) in [6, 6.07) is 1.05. The summed E-state index contributed by atoms with van der Waals surface area (Å²) in [7, 11) is -1.03. The lowest BCUT2D eigenvalue weighted by molar-refractivity contribution is 0.316. The Morgan fingerprint density at radius 1 is 1.33 bits per heavy atom. The minimum Gasteiger partial charge on any atom is -0.397 e. The highest BCUT2D eigenvalue weighted by molar-refractivity contribution is 6.78. The zero-order valence-corrected chi connectivity index (χ0v) is 7.94. The molecule has 0 fully saturated rings. The van der Waals surface area contributed by atoms with Crippen LogP contribution in [0.4, 0.5) is 0 Å². The fourth-order valence-electron chi connectivity index (χ4n) is 0.577. The van der Waals surface area contributed by atoms with Crippen LogP contribution in [0.1, 0.15) is 13.8 Å². The van der Waals surface area contributed by atoms with Gasteiger partial charge in [-0.25, -0.2) is 0 Å². The van der Waals surface area contributed by atoms with Crippen LogP contribution < -0.4 is 0 Å². The van der Waals surface area contributed by atoms with E-state index in [1.165, 1.54) is 0 Å². The highest BCUT2D eigenvalue weighted by Crippen LogP contribution is 2.23. The summed E-state index contributed by atoms with van der Waals surface area (Å²) < 4.78 is 0. The Bertz CT molecular complexity index is 79.0. The van der Waals surface area contributed by atoms with E-state index in [0.717, 1.165) is 11.6 Å². The van der Waals surface area contributed by atoms with E-state index < -0.39 is 8.07 Å². The van der Waals surface area contributed by atoms with Gasteiger partial charge in [-0.3, -0.25) is 0 Å². The van der Waals surface area contributed by atoms with E-state index >= 15 is 0 Å². The third kappa shape index (κ3) is 3.01. The van der Waals surface area contributed by atoms with E-state index in [0.29, 0.717) is 6.61 Å². The molecule has 56 valence electrons. The molecule has 0 radical (unpaired) electrons. The number of hydrogen-bond acceptors (Lipinski definition) is 1. The van der Waals surface area contributed by atoms with Gasteiger partial charge >= 0.3 is 0 Å². The van der Waals surface area contributed by atoms with Crippen molar-refractivity contribution in [1.29, 1.82) is 0 Å². The second-order valence-corrected chi connectivity index (χ2v) is 9.25. The first kappa shape index (κ1) is 9.18. The summed E-state index contributed by atoms with van der Waals surface area (Å²) in [6.07, 6.45) is 0. The Kier molecular flexibility index (Phi) is 3.44. The van der Waals surface area contributed by atoms with Crippen LogP contribution in [0.25, 0.3) is 0 Å². The van der Waals surface area contributed by atoms with Crippen molar-refractivity contribution in [2.45, 2.75) is 38.5 Å². The second-order valence-electron chi connectivity index (χ2n) is 3.62. The van der Waals surface area contributed by atoms with Gasteiger partial charge in [-0.2, -0.15) is 0 Å². The van der Waals surface area contributed by atoms with Gasteiger partial charge < -0.3 is 5.11 Å². The number of hydrogen-bond donors (Lipinski definition) is 1. The van der Waals surface area contributed by atoms with Gasteiger partial charge in [0, 0.05) is 6.61 Å². The summed E-state index contributed by atoms with van der Waals surface area (Å²) in [5, 5.41) is 8.69. The molecule has 9 heavy (non-hydrogen) atoms. The summed E-state index contributed by atoms with van der Waals surface area (Å²) in [5.41, 5.74) is 0.796. The summed E-state index contributed by atoms with van der Waals surface area (Å²) in [4.78, 5) is 0. The molecule has 0 saturated heterocycles. The fourth-order valence-corrected chi connectivity index (χ4v) is 1.73. The van der Waals surface area contributed by atoms with E-state index in [2.05, 4.69) is 26.9 Å². The van der Waals surface area contributed by atoms with Gasteiger partial charge in [0.15, 0.2) is 0 Å². The molecule has 0 aromatic carbocycles. The van der Waals surface area contributed by atoms with Gasteiger partial charge in [-0.1, -0.05) is 32.5 Å². The van der Waals surface area contributed by atoms with E-state index in [-0.39, 0.29) is 0 Å². The molecule has 0 rings (SSSR count). The zero-order valence-electron chi connectivity index (χ0n) is 6.94. The molecular formula is C7H18OSi. The molecule has 0 amide bonds. The first-order valence-corrected chi connectivity index (χ1v) is 6.90. The lowest BCUT2D eigenvalue weighted by Gasteiger charge is -2.25. The van der Waals surface area contributed by atoms with Crippen LogP contribution in [0.2, 0.25) is 24.7 Å². The van der Waals surface area contributed by atoms with E-state index in [1.807, 2.05) is 0 Å². The summed E-state index contributed by atoms with van der Waals surface area (Å²) >= 11 is 0. The molecule has 0 aromatic heterocycles. The Morgan fingerprint density at radius 2 is 1.78 bits per heavy atom. The Labute approximate surface area is 59.1 Å². The minimum atomic E-state index is -1.03. The smallest absolute Gasteiger partial charge is 0.0522 e. The monoisotopic (exact) mass is 146 g/mol. The van der Waals surface area contributed by atoms with Crippen molar-refractivity contribution in [3.8, 4) is 0 Å². The SMILES string of the molecule is CC(C)[Si](C)(C)CCO. The highest BCUT2D eigenvalue weighted by atomic mass is 28.3. The molecule has 0 aliphatic carbocycles. The average Bonchev–Trinajstić information content (AvgIpc) is 1.65. The van der Waals surface area contributed by atoms with Crippen molar-refractivity contribution in [1.82, 2.24) is 0 Å². The van der Waals surface area contributed by atoms with Crippen LogP contribution >= 0.6 is 0 Å². The third-order valence-electron chi connectivity index (χ3n) is 2.32. The molecule has 0 spiro atoms. The summed E-state index contributed by atoms with van der Waals surface area (Å²) in [6.45, 7) is 9.53. The maximum Gasteiger partial charge on any atom is 0.0522 e. The molecule has 0 aliphatic heterocycles. The zero-order chi connectivity index (χ0) is 7.49. The van der Waals surface area contributed by atoms with Crippen molar-refractivity contribution in [2.24, 2.45) is 0 Å². The topological polar surface area (TPSA) is 20.2 Å². The first-order valence-electron chi connectivity index (χ1n) is 3.61. The average molecular weight is 146 g/mol. The maximum atomic E-state index is 8.69. The normalized spacial score (nSPS) is 12.7. The quantitative estimate of drug-likeness (QED) is 0.605. The molecule has 0 saturated carbocycles. The van der Waals surface area contributed by atoms with Gasteiger partial charge in [0.25, 0.3) is 0 Å². The van der Waals surface area contributed by atoms with Crippen molar-refractivity contribution in [3.63, 3.8) is 0 Å². The predicted molar refractivity (Wildman–Crippen MR) is 44.5 cm³/mol. The van der Waals surface area contributed by atoms with Crippen LogP contribution in [0.15, 0.2) is 0 Å². The van der Waals surface area contributed by atoms with Gasteiger partial charge in [0.2, 0.25) is 0 Å². The van der Waals surface area contributed by atoms with Gasteiger partial charge in [0.05, 0.1) is 8.07 Å². The number of aliphatic hydroxyl groups is 1. The molecule has 0 aliphatic rings. The molecular weight excluding hydrogens is 128 g/mol.